The van der Waals surface area contributed by atoms with E-state index in [-0.39, 0.29) is 0 Å². The molecule has 2 rings (SSSR count). The lowest BCUT2D eigenvalue weighted by atomic mass is 9.79. The predicted molar refractivity (Wildman–Crippen MR) is 73.7 cm³/mol. The van der Waals surface area contributed by atoms with E-state index in [1.54, 1.807) is 0 Å². The normalized spacial score (nSPS) is 20.2. The van der Waals surface area contributed by atoms with Crippen molar-refractivity contribution in [3.63, 3.8) is 0 Å². The van der Waals surface area contributed by atoms with E-state index < -0.39 is 30.0 Å². The van der Waals surface area contributed by atoms with Gasteiger partial charge < -0.3 is 4.74 Å². The third kappa shape index (κ3) is 3.91. The van der Waals surface area contributed by atoms with E-state index in [1.807, 2.05) is 13.8 Å². The van der Waals surface area contributed by atoms with Crippen LogP contribution in [0.2, 0.25) is 0 Å². The number of esters is 1. The molecule has 21 heavy (non-hydrogen) atoms. The quantitative estimate of drug-likeness (QED) is 0.570. The first-order chi connectivity index (χ1) is 9.90. The molecular weight excluding hydrogens is 274 g/mol. The highest BCUT2D eigenvalue weighted by Crippen LogP contribution is 2.34. The number of imide groups is 1. The zero-order valence-corrected chi connectivity index (χ0v) is 12.5. The van der Waals surface area contributed by atoms with Gasteiger partial charge in [-0.15, -0.1) is 5.06 Å². The predicted octanol–water partition coefficient (Wildman–Crippen LogP) is 1.75. The molecule has 6 nitrogen and oxygen atoms in total. The molecule has 1 fully saturated rings. The van der Waals surface area contributed by atoms with E-state index in [9.17, 15) is 14.4 Å². The fourth-order valence-electron chi connectivity index (χ4n) is 2.84. The summed E-state index contributed by atoms with van der Waals surface area (Å²) in [5, 5.41) is 0.564. The van der Waals surface area contributed by atoms with E-state index in [0.717, 1.165) is 37.8 Å². The molecule has 1 aliphatic carbocycles. The molecule has 0 aromatic carbocycles. The molecule has 1 saturated carbocycles. The van der Waals surface area contributed by atoms with Gasteiger partial charge in [-0.1, -0.05) is 19.3 Å². The van der Waals surface area contributed by atoms with Crippen LogP contribution in [0.15, 0.2) is 12.2 Å². The van der Waals surface area contributed by atoms with Crippen molar-refractivity contribution in [1.29, 1.82) is 0 Å². The Hall–Kier alpha value is -1.69. The third-order valence-electron chi connectivity index (χ3n) is 4.05. The molecule has 0 aromatic heterocycles. The largest absolute Gasteiger partial charge is 0.458 e. The van der Waals surface area contributed by atoms with Crippen LogP contribution in [-0.4, -0.2) is 35.1 Å². The van der Waals surface area contributed by atoms with Gasteiger partial charge >= 0.3 is 5.97 Å². The first-order valence-electron chi connectivity index (χ1n) is 7.31. The molecule has 6 heteroatoms. The lowest BCUT2D eigenvalue weighted by molar-refractivity contribution is -0.198. The van der Waals surface area contributed by atoms with Crippen molar-refractivity contribution < 1.29 is 24.0 Å². The topological polar surface area (TPSA) is 72.9 Å². The van der Waals surface area contributed by atoms with Crippen LogP contribution in [0, 0.1) is 5.92 Å². The summed E-state index contributed by atoms with van der Waals surface area (Å²) in [5.74, 6) is -1.40. The number of carbonyl (C=O) groups excluding carboxylic acids is 3. The first-order valence-corrected chi connectivity index (χ1v) is 7.31. The van der Waals surface area contributed by atoms with Gasteiger partial charge in [0.25, 0.3) is 11.8 Å². The van der Waals surface area contributed by atoms with Crippen molar-refractivity contribution in [3.8, 4) is 0 Å². The van der Waals surface area contributed by atoms with Crippen LogP contribution >= 0.6 is 0 Å². The fourth-order valence-corrected chi connectivity index (χ4v) is 2.84. The summed E-state index contributed by atoms with van der Waals surface area (Å²) in [6, 6.07) is 0. The van der Waals surface area contributed by atoms with Gasteiger partial charge in [0, 0.05) is 12.2 Å². The van der Waals surface area contributed by atoms with Crippen molar-refractivity contribution in [2.75, 3.05) is 6.61 Å². The van der Waals surface area contributed by atoms with Crippen LogP contribution in [-0.2, 0) is 24.0 Å². The molecule has 2 aliphatic rings. The van der Waals surface area contributed by atoms with Crippen LogP contribution in [0.4, 0.5) is 0 Å². The summed E-state index contributed by atoms with van der Waals surface area (Å²) in [4.78, 5) is 39.3. The van der Waals surface area contributed by atoms with Crippen molar-refractivity contribution >= 4 is 17.8 Å². The van der Waals surface area contributed by atoms with Crippen LogP contribution < -0.4 is 0 Å². The Balaban J connectivity index is 1.80. The smallest absolute Gasteiger partial charge is 0.335 e. The maximum atomic E-state index is 11.9. The second kappa shape index (κ2) is 6.39. The minimum Gasteiger partial charge on any atom is -0.458 e. The van der Waals surface area contributed by atoms with Gasteiger partial charge in [-0.05, 0) is 32.6 Å². The summed E-state index contributed by atoms with van der Waals surface area (Å²) in [7, 11) is 0. The minimum absolute atomic E-state index is 0.340. The van der Waals surface area contributed by atoms with E-state index in [1.165, 1.54) is 6.42 Å². The highest BCUT2D eigenvalue weighted by Gasteiger charge is 2.34. The monoisotopic (exact) mass is 295 g/mol. The van der Waals surface area contributed by atoms with Gasteiger partial charge in [-0.25, -0.2) is 4.79 Å². The molecule has 0 spiro atoms. The number of carbonyl (C=O) groups is 3. The van der Waals surface area contributed by atoms with Crippen molar-refractivity contribution in [2.45, 2.75) is 51.6 Å². The zero-order chi connectivity index (χ0) is 15.5. The number of hydroxylamine groups is 2. The van der Waals surface area contributed by atoms with Crippen molar-refractivity contribution in [3.05, 3.63) is 12.2 Å². The minimum atomic E-state index is -0.584. The molecule has 1 aliphatic heterocycles. The third-order valence-corrected chi connectivity index (χ3v) is 4.05. The fraction of sp³-hybridized carbons (Fsp3) is 0.667. The van der Waals surface area contributed by atoms with Crippen LogP contribution in [0.25, 0.3) is 0 Å². The molecule has 0 saturated heterocycles. The highest BCUT2D eigenvalue weighted by molar-refractivity contribution is 6.11. The zero-order valence-electron chi connectivity index (χ0n) is 12.5. The Labute approximate surface area is 124 Å². The highest BCUT2D eigenvalue weighted by atomic mass is 16.7. The molecule has 0 radical (unpaired) electrons. The Morgan fingerprint density at radius 2 is 1.76 bits per heavy atom. The maximum Gasteiger partial charge on any atom is 0.335 e. The Bertz CT molecular complexity index is 445. The maximum absolute atomic E-state index is 11.9. The van der Waals surface area contributed by atoms with Crippen LogP contribution in [0.5, 0.6) is 0 Å². The number of rotatable bonds is 5. The lowest BCUT2D eigenvalue weighted by Gasteiger charge is -2.36. The first kappa shape index (κ1) is 15.7. The van der Waals surface area contributed by atoms with Gasteiger partial charge in [0.2, 0.25) is 0 Å². The van der Waals surface area contributed by atoms with Gasteiger partial charge in [0.15, 0.2) is 6.61 Å². The molecule has 0 aromatic rings. The van der Waals surface area contributed by atoms with Gasteiger partial charge in [0.1, 0.15) is 5.60 Å². The SMILES string of the molecule is CC(C)(OC(=O)CON1C(=O)C=CC1=O)C1CCCCC1. The molecule has 2 amide bonds. The number of ether oxygens (including phenoxy) is 1. The molecule has 0 atom stereocenters. The van der Waals surface area contributed by atoms with Crippen molar-refractivity contribution in [2.24, 2.45) is 5.92 Å². The number of hydrogen-bond acceptors (Lipinski definition) is 5. The summed E-state index contributed by atoms with van der Waals surface area (Å²) in [6.45, 7) is 3.35. The van der Waals surface area contributed by atoms with E-state index in [2.05, 4.69) is 0 Å². The molecular formula is C15H21NO5. The van der Waals surface area contributed by atoms with Crippen LogP contribution in [0.1, 0.15) is 46.0 Å². The van der Waals surface area contributed by atoms with E-state index >= 15 is 0 Å². The Morgan fingerprint density at radius 1 is 1.19 bits per heavy atom. The molecule has 0 N–H and O–H groups in total. The van der Waals surface area contributed by atoms with E-state index in [4.69, 9.17) is 9.57 Å². The van der Waals surface area contributed by atoms with E-state index in [0.29, 0.717) is 11.0 Å². The van der Waals surface area contributed by atoms with Gasteiger partial charge in [0.05, 0.1) is 0 Å². The van der Waals surface area contributed by atoms with Crippen LogP contribution in [0.3, 0.4) is 0 Å². The molecule has 0 bridgehead atoms. The average Bonchev–Trinajstić information content (AvgIpc) is 2.76. The molecule has 1 heterocycles. The van der Waals surface area contributed by atoms with Crippen molar-refractivity contribution in [1.82, 2.24) is 5.06 Å². The standard InChI is InChI=1S/C15H21NO5/c1-15(2,11-6-4-3-5-7-11)21-14(19)10-20-16-12(17)8-9-13(16)18/h8-9,11H,3-7,10H2,1-2H3. The lowest BCUT2D eigenvalue weighted by Crippen LogP contribution is -2.40. The Morgan fingerprint density at radius 3 is 2.33 bits per heavy atom. The number of amides is 2. The second-order valence-electron chi connectivity index (χ2n) is 5.99. The number of hydrogen-bond donors (Lipinski definition) is 0. The van der Waals surface area contributed by atoms with Gasteiger partial charge in [-0.3, -0.25) is 14.4 Å². The average molecular weight is 295 g/mol. The second-order valence-corrected chi connectivity index (χ2v) is 5.99. The summed E-state index contributed by atoms with van der Waals surface area (Å²) in [6.07, 6.45) is 7.84. The molecule has 0 unspecified atom stereocenters. The summed E-state index contributed by atoms with van der Waals surface area (Å²) >= 11 is 0. The van der Waals surface area contributed by atoms with Gasteiger partial charge in [-0.2, -0.15) is 0 Å². The summed E-state index contributed by atoms with van der Waals surface area (Å²) < 4.78 is 5.47. The Kier molecular flexibility index (Phi) is 4.77. The molecule has 116 valence electrons. The number of nitrogens with zero attached hydrogens (tertiary/aromatic N) is 1. The summed E-state index contributed by atoms with van der Waals surface area (Å²) in [5.41, 5.74) is -0.557.